The summed E-state index contributed by atoms with van der Waals surface area (Å²) < 4.78 is 0. The summed E-state index contributed by atoms with van der Waals surface area (Å²) in [6.07, 6.45) is 6.27. The Bertz CT molecular complexity index is 458. The summed E-state index contributed by atoms with van der Waals surface area (Å²) in [5.74, 6) is 1.27. The van der Waals surface area contributed by atoms with E-state index in [1.54, 1.807) is 12.3 Å². The zero-order chi connectivity index (χ0) is 15.2. The normalized spacial score (nSPS) is 25.4. The highest BCUT2D eigenvalue weighted by atomic mass is 16.1. The summed E-state index contributed by atoms with van der Waals surface area (Å²) in [4.78, 5) is 16.5. The number of carbonyl (C=O) groups excluding carboxylic acids is 1. The van der Waals surface area contributed by atoms with Gasteiger partial charge < -0.3 is 10.6 Å². The van der Waals surface area contributed by atoms with E-state index < -0.39 is 0 Å². The van der Waals surface area contributed by atoms with E-state index >= 15 is 0 Å². The van der Waals surface area contributed by atoms with E-state index in [0.717, 1.165) is 31.0 Å². The van der Waals surface area contributed by atoms with Crippen LogP contribution in [0.2, 0.25) is 0 Å². The van der Waals surface area contributed by atoms with Crippen LogP contribution in [0.5, 0.6) is 0 Å². The summed E-state index contributed by atoms with van der Waals surface area (Å²) in [6.45, 7) is 7.56. The van der Waals surface area contributed by atoms with Crippen molar-refractivity contribution in [2.45, 2.75) is 52.5 Å². The molecule has 4 nitrogen and oxygen atoms in total. The zero-order valence-corrected chi connectivity index (χ0v) is 13.4. The molecule has 2 rings (SSSR count). The van der Waals surface area contributed by atoms with E-state index in [2.05, 4.69) is 36.4 Å². The van der Waals surface area contributed by atoms with Crippen molar-refractivity contribution in [1.29, 1.82) is 0 Å². The van der Waals surface area contributed by atoms with E-state index in [1.807, 2.05) is 6.07 Å². The minimum absolute atomic E-state index is 0.0524. The van der Waals surface area contributed by atoms with Gasteiger partial charge in [0.05, 0.1) is 11.9 Å². The molecule has 4 heteroatoms. The fourth-order valence-corrected chi connectivity index (χ4v) is 3.02. The van der Waals surface area contributed by atoms with Crippen LogP contribution in [0.4, 0.5) is 5.69 Å². The van der Waals surface area contributed by atoms with Crippen LogP contribution in [0.25, 0.3) is 0 Å². The largest absolute Gasteiger partial charge is 0.384 e. The minimum atomic E-state index is -0.0524. The standard InChI is InChI=1S/C17H27N3O/c1-4-9-18-14-6-8-16(19-11-14)17(21)20-15-7-5-12(2)10-13(15)3/h6,8,11-13,15,18H,4-5,7,9-10H2,1-3H3,(H,20,21). The maximum Gasteiger partial charge on any atom is 0.270 e. The molecule has 1 saturated carbocycles. The van der Waals surface area contributed by atoms with Crippen LogP contribution in [0.15, 0.2) is 18.3 Å². The van der Waals surface area contributed by atoms with E-state index in [4.69, 9.17) is 0 Å². The third-order valence-electron chi connectivity index (χ3n) is 4.32. The van der Waals surface area contributed by atoms with Crippen molar-refractivity contribution in [2.24, 2.45) is 11.8 Å². The molecular weight excluding hydrogens is 262 g/mol. The molecule has 0 aliphatic heterocycles. The van der Waals surface area contributed by atoms with Crippen LogP contribution >= 0.6 is 0 Å². The average Bonchev–Trinajstić information content (AvgIpc) is 2.48. The van der Waals surface area contributed by atoms with E-state index in [9.17, 15) is 4.79 Å². The summed E-state index contributed by atoms with van der Waals surface area (Å²) in [6, 6.07) is 4.00. The molecule has 1 heterocycles. The van der Waals surface area contributed by atoms with Crippen molar-refractivity contribution in [3.8, 4) is 0 Å². The van der Waals surface area contributed by atoms with Crippen molar-refractivity contribution in [3.63, 3.8) is 0 Å². The van der Waals surface area contributed by atoms with Gasteiger partial charge in [-0.2, -0.15) is 0 Å². The number of hydrogen-bond acceptors (Lipinski definition) is 3. The molecule has 1 aromatic rings. The van der Waals surface area contributed by atoms with Crippen LogP contribution < -0.4 is 10.6 Å². The van der Waals surface area contributed by atoms with Crippen molar-refractivity contribution >= 4 is 11.6 Å². The number of pyridine rings is 1. The third kappa shape index (κ3) is 4.45. The molecule has 1 aliphatic rings. The predicted octanol–water partition coefficient (Wildman–Crippen LogP) is 3.46. The van der Waals surface area contributed by atoms with Crippen LogP contribution in [-0.2, 0) is 0 Å². The number of nitrogens with zero attached hydrogens (tertiary/aromatic N) is 1. The Balaban J connectivity index is 1.91. The predicted molar refractivity (Wildman–Crippen MR) is 86.5 cm³/mol. The molecule has 1 aromatic heterocycles. The molecule has 1 fully saturated rings. The van der Waals surface area contributed by atoms with Crippen molar-refractivity contribution in [2.75, 3.05) is 11.9 Å². The van der Waals surface area contributed by atoms with Crippen LogP contribution in [-0.4, -0.2) is 23.5 Å². The molecule has 1 aliphatic carbocycles. The zero-order valence-electron chi connectivity index (χ0n) is 13.4. The van der Waals surface area contributed by atoms with Gasteiger partial charge in [-0.05, 0) is 49.7 Å². The monoisotopic (exact) mass is 289 g/mol. The molecule has 0 radical (unpaired) electrons. The fraction of sp³-hybridized carbons (Fsp3) is 0.647. The third-order valence-corrected chi connectivity index (χ3v) is 4.32. The molecule has 2 N–H and O–H groups in total. The Morgan fingerprint density at radius 1 is 1.33 bits per heavy atom. The maximum atomic E-state index is 12.3. The average molecular weight is 289 g/mol. The number of nitrogens with one attached hydrogen (secondary N) is 2. The second-order valence-electron chi connectivity index (χ2n) is 6.33. The second kappa shape index (κ2) is 7.43. The van der Waals surface area contributed by atoms with Gasteiger partial charge in [-0.1, -0.05) is 20.8 Å². The summed E-state index contributed by atoms with van der Waals surface area (Å²) in [5, 5.41) is 6.41. The van der Waals surface area contributed by atoms with Gasteiger partial charge in [0, 0.05) is 12.6 Å². The molecule has 3 unspecified atom stereocenters. The smallest absolute Gasteiger partial charge is 0.270 e. The maximum absolute atomic E-state index is 12.3. The van der Waals surface area contributed by atoms with E-state index in [-0.39, 0.29) is 11.9 Å². The Labute approximate surface area is 127 Å². The SMILES string of the molecule is CCCNc1ccc(C(=O)NC2CCC(C)CC2C)nc1. The summed E-state index contributed by atoms with van der Waals surface area (Å²) >= 11 is 0. The molecule has 0 spiro atoms. The van der Waals surface area contributed by atoms with Gasteiger partial charge in [0.25, 0.3) is 5.91 Å². The highest BCUT2D eigenvalue weighted by Gasteiger charge is 2.26. The number of aromatic nitrogens is 1. The lowest BCUT2D eigenvalue weighted by Crippen LogP contribution is -2.42. The van der Waals surface area contributed by atoms with Crippen LogP contribution in [0.3, 0.4) is 0 Å². The van der Waals surface area contributed by atoms with Crippen LogP contribution in [0, 0.1) is 11.8 Å². The van der Waals surface area contributed by atoms with Crippen molar-refractivity contribution in [1.82, 2.24) is 10.3 Å². The Morgan fingerprint density at radius 2 is 2.14 bits per heavy atom. The first-order chi connectivity index (χ1) is 10.1. The highest BCUT2D eigenvalue weighted by Crippen LogP contribution is 2.28. The molecule has 3 atom stereocenters. The Kier molecular flexibility index (Phi) is 5.59. The van der Waals surface area contributed by atoms with Gasteiger partial charge in [-0.25, -0.2) is 4.98 Å². The topological polar surface area (TPSA) is 54.0 Å². The highest BCUT2D eigenvalue weighted by molar-refractivity contribution is 5.92. The van der Waals surface area contributed by atoms with Gasteiger partial charge in [-0.3, -0.25) is 4.79 Å². The second-order valence-corrected chi connectivity index (χ2v) is 6.33. The number of carbonyl (C=O) groups is 1. The number of amides is 1. The minimum Gasteiger partial charge on any atom is -0.384 e. The van der Waals surface area contributed by atoms with Crippen LogP contribution in [0.1, 0.15) is 56.9 Å². The number of anilines is 1. The number of hydrogen-bond donors (Lipinski definition) is 2. The van der Waals surface area contributed by atoms with E-state index in [1.165, 1.54) is 12.8 Å². The lowest BCUT2D eigenvalue weighted by Gasteiger charge is -2.33. The molecular formula is C17H27N3O. The number of rotatable bonds is 5. The molecule has 116 valence electrons. The first kappa shape index (κ1) is 15.8. The lowest BCUT2D eigenvalue weighted by atomic mass is 9.80. The van der Waals surface area contributed by atoms with E-state index in [0.29, 0.717) is 11.6 Å². The van der Waals surface area contributed by atoms with Gasteiger partial charge in [0.15, 0.2) is 0 Å². The molecule has 21 heavy (non-hydrogen) atoms. The van der Waals surface area contributed by atoms with Gasteiger partial charge in [0.2, 0.25) is 0 Å². The lowest BCUT2D eigenvalue weighted by molar-refractivity contribution is 0.0894. The summed E-state index contributed by atoms with van der Waals surface area (Å²) in [7, 11) is 0. The molecule has 0 bridgehead atoms. The van der Waals surface area contributed by atoms with Crippen molar-refractivity contribution in [3.05, 3.63) is 24.0 Å². The molecule has 0 aromatic carbocycles. The quantitative estimate of drug-likeness (QED) is 0.873. The first-order valence-electron chi connectivity index (χ1n) is 8.11. The van der Waals surface area contributed by atoms with Gasteiger partial charge in [0.1, 0.15) is 5.69 Å². The summed E-state index contributed by atoms with van der Waals surface area (Å²) in [5.41, 5.74) is 1.47. The van der Waals surface area contributed by atoms with Gasteiger partial charge in [-0.15, -0.1) is 0 Å². The molecule has 1 amide bonds. The Morgan fingerprint density at radius 3 is 2.76 bits per heavy atom. The van der Waals surface area contributed by atoms with Crippen molar-refractivity contribution < 1.29 is 4.79 Å². The fourth-order valence-electron chi connectivity index (χ4n) is 3.02. The Hall–Kier alpha value is -1.58. The van der Waals surface area contributed by atoms with Gasteiger partial charge >= 0.3 is 0 Å². The molecule has 0 saturated heterocycles. The first-order valence-corrected chi connectivity index (χ1v) is 8.11.